The van der Waals surface area contributed by atoms with Crippen LogP contribution in [0.5, 0.6) is 0 Å². The summed E-state index contributed by atoms with van der Waals surface area (Å²) in [7, 11) is 0. The van der Waals surface area contributed by atoms with Crippen molar-refractivity contribution in [3.8, 4) is 0 Å². The maximum atomic E-state index is 13.7. The highest BCUT2D eigenvalue weighted by Crippen LogP contribution is 2.22. The number of halogens is 2. The summed E-state index contributed by atoms with van der Waals surface area (Å²) in [4.78, 5) is 2.29. The summed E-state index contributed by atoms with van der Waals surface area (Å²) in [6.07, 6.45) is 0. The van der Waals surface area contributed by atoms with Crippen LogP contribution in [-0.4, -0.2) is 42.9 Å². The zero-order valence-electron chi connectivity index (χ0n) is 15.2. The van der Waals surface area contributed by atoms with Gasteiger partial charge in [0.25, 0.3) is 0 Å². The van der Waals surface area contributed by atoms with E-state index < -0.39 is 0 Å². The number of aryl methyl sites for hydroxylation is 1. The molecule has 2 aromatic carbocycles. The SMILES string of the molecule is Cc1ccc(NC(=S)NC[C@H](c2ccc(F)cc2)N2CCOCC2)cc1F. The summed E-state index contributed by atoms with van der Waals surface area (Å²) < 4.78 is 32.4. The van der Waals surface area contributed by atoms with Gasteiger partial charge in [-0.25, -0.2) is 8.78 Å². The molecule has 7 heteroatoms. The van der Waals surface area contributed by atoms with Gasteiger partial charge in [0.15, 0.2) is 5.11 Å². The third-order valence-corrected chi connectivity index (χ3v) is 4.87. The van der Waals surface area contributed by atoms with Crippen LogP contribution in [0.2, 0.25) is 0 Å². The highest BCUT2D eigenvalue weighted by atomic mass is 32.1. The molecule has 4 nitrogen and oxygen atoms in total. The lowest BCUT2D eigenvalue weighted by Gasteiger charge is -2.35. The normalized spacial score (nSPS) is 16.0. The largest absolute Gasteiger partial charge is 0.379 e. The lowest BCUT2D eigenvalue weighted by atomic mass is 10.0. The molecular weight excluding hydrogens is 368 g/mol. The fourth-order valence-corrected chi connectivity index (χ4v) is 3.27. The van der Waals surface area contributed by atoms with Crippen LogP contribution in [0.3, 0.4) is 0 Å². The van der Waals surface area contributed by atoms with Crippen molar-refractivity contribution >= 4 is 23.0 Å². The molecule has 1 saturated heterocycles. The van der Waals surface area contributed by atoms with Crippen LogP contribution in [-0.2, 0) is 4.74 Å². The molecule has 0 aliphatic carbocycles. The minimum atomic E-state index is -0.277. The number of hydrogen-bond donors (Lipinski definition) is 2. The first-order chi connectivity index (χ1) is 13.0. The van der Waals surface area contributed by atoms with Gasteiger partial charge in [0.2, 0.25) is 0 Å². The Morgan fingerprint density at radius 3 is 2.52 bits per heavy atom. The van der Waals surface area contributed by atoms with Gasteiger partial charge < -0.3 is 15.4 Å². The molecule has 1 heterocycles. The van der Waals surface area contributed by atoms with Gasteiger partial charge in [0.1, 0.15) is 11.6 Å². The Morgan fingerprint density at radius 1 is 1.15 bits per heavy atom. The molecule has 3 rings (SSSR count). The van der Waals surface area contributed by atoms with Crippen molar-refractivity contribution < 1.29 is 13.5 Å². The Balaban J connectivity index is 1.65. The predicted molar refractivity (Wildman–Crippen MR) is 107 cm³/mol. The van der Waals surface area contributed by atoms with E-state index in [9.17, 15) is 8.78 Å². The fraction of sp³-hybridized carbons (Fsp3) is 0.350. The van der Waals surface area contributed by atoms with Gasteiger partial charge in [0.05, 0.1) is 19.3 Å². The molecule has 1 aliphatic rings. The minimum Gasteiger partial charge on any atom is -0.379 e. The van der Waals surface area contributed by atoms with E-state index >= 15 is 0 Å². The maximum absolute atomic E-state index is 13.7. The van der Waals surface area contributed by atoms with Crippen molar-refractivity contribution in [2.45, 2.75) is 13.0 Å². The Kier molecular flexibility index (Phi) is 6.71. The first-order valence-corrected chi connectivity index (χ1v) is 9.32. The first-order valence-electron chi connectivity index (χ1n) is 8.91. The van der Waals surface area contributed by atoms with Crippen LogP contribution < -0.4 is 10.6 Å². The van der Waals surface area contributed by atoms with Crippen molar-refractivity contribution in [2.24, 2.45) is 0 Å². The molecular formula is C20H23F2N3OS. The van der Waals surface area contributed by atoms with E-state index in [4.69, 9.17) is 17.0 Å². The molecule has 0 radical (unpaired) electrons. The molecule has 0 aromatic heterocycles. The average Bonchev–Trinajstić information content (AvgIpc) is 2.67. The molecule has 0 unspecified atom stereocenters. The van der Waals surface area contributed by atoms with E-state index in [1.165, 1.54) is 18.2 Å². The Labute approximate surface area is 163 Å². The molecule has 1 fully saturated rings. The van der Waals surface area contributed by atoms with E-state index in [1.807, 2.05) is 0 Å². The minimum absolute atomic E-state index is 0.0315. The highest BCUT2D eigenvalue weighted by molar-refractivity contribution is 7.80. The zero-order chi connectivity index (χ0) is 19.2. The van der Waals surface area contributed by atoms with Crippen molar-refractivity contribution in [3.05, 3.63) is 65.2 Å². The van der Waals surface area contributed by atoms with E-state index in [2.05, 4.69) is 15.5 Å². The number of nitrogens with one attached hydrogen (secondary N) is 2. The summed E-state index contributed by atoms with van der Waals surface area (Å²) in [5.74, 6) is -0.536. The Hall–Kier alpha value is -2.09. The van der Waals surface area contributed by atoms with Crippen LogP contribution in [0.4, 0.5) is 14.5 Å². The van der Waals surface area contributed by atoms with Gasteiger partial charge >= 0.3 is 0 Å². The van der Waals surface area contributed by atoms with Gasteiger partial charge in [-0.3, -0.25) is 4.90 Å². The number of benzene rings is 2. The molecule has 1 atom stereocenters. The predicted octanol–water partition coefficient (Wildman–Crippen LogP) is 3.63. The Bertz CT molecular complexity index is 779. The summed E-state index contributed by atoms with van der Waals surface area (Å²) in [5, 5.41) is 6.62. The van der Waals surface area contributed by atoms with Gasteiger partial charge in [-0.2, -0.15) is 0 Å². The number of thiocarbonyl (C=S) groups is 1. The van der Waals surface area contributed by atoms with Gasteiger partial charge in [0, 0.05) is 25.3 Å². The Morgan fingerprint density at radius 2 is 1.85 bits per heavy atom. The second kappa shape index (κ2) is 9.21. The van der Waals surface area contributed by atoms with Crippen LogP contribution in [0.1, 0.15) is 17.2 Å². The van der Waals surface area contributed by atoms with E-state index in [0.29, 0.717) is 36.1 Å². The molecule has 2 aromatic rings. The molecule has 0 saturated carbocycles. The molecule has 0 amide bonds. The lowest BCUT2D eigenvalue weighted by Crippen LogP contribution is -2.44. The highest BCUT2D eigenvalue weighted by Gasteiger charge is 2.22. The van der Waals surface area contributed by atoms with Gasteiger partial charge in [-0.15, -0.1) is 0 Å². The molecule has 2 N–H and O–H groups in total. The third kappa shape index (κ3) is 5.45. The zero-order valence-corrected chi connectivity index (χ0v) is 16.0. The standard InChI is InChI=1S/C20H23F2N3OS/c1-14-2-7-17(12-18(14)22)24-20(27)23-13-19(25-8-10-26-11-9-25)15-3-5-16(21)6-4-15/h2-7,12,19H,8-11,13H2,1H3,(H2,23,24,27)/t19-/m1/s1. The summed E-state index contributed by atoms with van der Waals surface area (Å²) in [6, 6.07) is 11.5. The summed E-state index contributed by atoms with van der Waals surface area (Å²) in [6.45, 7) is 5.20. The van der Waals surface area contributed by atoms with Gasteiger partial charge in [-0.1, -0.05) is 18.2 Å². The van der Waals surface area contributed by atoms with Crippen molar-refractivity contribution in [1.82, 2.24) is 10.2 Å². The second-order valence-corrected chi connectivity index (χ2v) is 6.92. The van der Waals surface area contributed by atoms with Crippen molar-refractivity contribution in [3.63, 3.8) is 0 Å². The molecule has 1 aliphatic heterocycles. The average molecular weight is 391 g/mol. The number of rotatable bonds is 5. The van der Waals surface area contributed by atoms with Crippen molar-refractivity contribution in [2.75, 3.05) is 38.2 Å². The number of morpholine rings is 1. The smallest absolute Gasteiger partial charge is 0.170 e. The fourth-order valence-electron chi connectivity index (χ4n) is 3.07. The van der Waals surface area contributed by atoms with Crippen LogP contribution in [0, 0.1) is 18.6 Å². The molecule has 27 heavy (non-hydrogen) atoms. The number of anilines is 1. The van der Waals surface area contributed by atoms with E-state index in [0.717, 1.165) is 18.7 Å². The topological polar surface area (TPSA) is 36.5 Å². The molecule has 144 valence electrons. The second-order valence-electron chi connectivity index (χ2n) is 6.51. The van der Waals surface area contributed by atoms with Crippen molar-refractivity contribution in [1.29, 1.82) is 0 Å². The summed E-state index contributed by atoms with van der Waals surface area (Å²) in [5.41, 5.74) is 2.19. The quantitative estimate of drug-likeness (QED) is 0.762. The van der Waals surface area contributed by atoms with Crippen LogP contribution in [0.25, 0.3) is 0 Å². The molecule has 0 spiro atoms. The number of ether oxygens (including phenoxy) is 1. The van der Waals surface area contributed by atoms with E-state index in [1.54, 1.807) is 31.2 Å². The number of hydrogen-bond acceptors (Lipinski definition) is 3. The first kappa shape index (κ1) is 19.7. The van der Waals surface area contributed by atoms with E-state index in [-0.39, 0.29) is 17.7 Å². The monoisotopic (exact) mass is 391 g/mol. The van der Waals surface area contributed by atoms with Gasteiger partial charge in [-0.05, 0) is 54.5 Å². The number of nitrogens with zero attached hydrogens (tertiary/aromatic N) is 1. The van der Waals surface area contributed by atoms with Crippen LogP contribution in [0.15, 0.2) is 42.5 Å². The third-order valence-electron chi connectivity index (χ3n) is 4.63. The molecule has 0 bridgehead atoms. The summed E-state index contributed by atoms with van der Waals surface area (Å²) >= 11 is 5.35. The maximum Gasteiger partial charge on any atom is 0.170 e. The van der Waals surface area contributed by atoms with Crippen LogP contribution >= 0.6 is 12.2 Å². The lowest BCUT2D eigenvalue weighted by molar-refractivity contribution is 0.0170.